The van der Waals surface area contributed by atoms with Crippen molar-refractivity contribution in [2.75, 3.05) is 13.1 Å². The van der Waals surface area contributed by atoms with E-state index in [0.29, 0.717) is 0 Å². The molecule has 0 bridgehead atoms. The van der Waals surface area contributed by atoms with E-state index in [1.807, 2.05) is 29.2 Å². The van der Waals surface area contributed by atoms with E-state index in [9.17, 15) is 4.79 Å². The molecule has 1 unspecified atom stereocenters. The standard InChI is InChI=1S/C16H21ClN2O/c17-13-7-2-1-6-12(13)15-9-5-11-19(15)16(20)14-8-3-4-10-18-14/h1-2,6-7,14-15,18H,3-5,8-11H2/t14-,15?/m1/s1. The predicted octanol–water partition coefficient (Wildman–Crippen LogP) is 3.15. The van der Waals surface area contributed by atoms with Crippen LogP contribution in [-0.2, 0) is 4.79 Å². The molecule has 2 fully saturated rings. The maximum atomic E-state index is 12.7. The fraction of sp³-hybridized carbons (Fsp3) is 0.562. The average molecular weight is 293 g/mol. The lowest BCUT2D eigenvalue weighted by molar-refractivity contribution is -0.135. The van der Waals surface area contributed by atoms with Gasteiger partial charge < -0.3 is 10.2 Å². The molecule has 0 radical (unpaired) electrons. The van der Waals surface area contributed by atoms with Crippen molar-refractivity contribution in [1.82, 2.24) is 10.2 Å². The van der Waals surface area contributed by atoms with Crippen molar-refractivity contribution >= 4 is 17.5 Å². The number of amides is 1. The molecule has 20 heavy (non-hydrogen) atoms. The summed E-state index contributed by atoms with van der Waals surface area (Å²) < 4.78 is 0. The van der Waals surface area contributed by atoms with Crippen molar-refractivity contribution in [2.45, 2.75) is 44.2 Å². The minimum atomic E-state index is 0.00633. The molecule has 0 saturated carbocycles. The molecule has 108 valence electrons. The zero-order chi connectivity index (χ0) is 13.9. The maximum Gasteiger partial charge on any atom is 0.240 e. The van der Waals surface area contributed by atoms with Crippen LogP contribution in [0, 0.1) is 0 Å². The third-order valence-corrected chi connectivity index (χ3v) is 4.75. The fourth-order valence-corrected chi connectivity index (χ4v) is 3.62. The quantitative estimate of drug-likeness (QED) is 0.908. The van der Waals surface area contributed by atoms with Gasteiger partial charge in [0.05, 0.1) is 12.1 Å². The molecule has 3 rings (SSSR count). The summed E-state index contributed by atoms with van der Waals surface area (Å²) in [4.78, 5) is 14.7. The molecule has 1 aromatic carbocycles. The van der Waals surface area contributed by atoms with Gasteiger partial charge in [0.2, 0.25) is 5.91 Å². The lowest BCUT2D eigenvalue weighted by Crippen LogP contribution is -2.48. The lowest BCUT2D eigenvalue weighted by atomic mass is 10.0. The van der Waals surface area contributed by atoms with Gasteiger partial charge >= 0.3 is 0 Å². The van der Waals surface area contributed by atoms with E-state index in [1.165, 1.54) is 6.42 Å². The van der Waals surface area contributed by atoms with Crippen LogP contribution in [0.4, 0.5) is 0 Å². The number of nitrogens with zero attached hydrogens (tertiary/aromatic N) is 1. The highest BCUT2D eigenvalue weighted by Gasteiger charge is 2.34. The summed E-state index contributed by atoms with van der Waals surface area (Å²) in [5, 5.41) is 4.13. The monoisotopic (exact) mass is 292 g/mol. The first-order valence-corrected chi connectivity index (χ1v) is 7.93. The highest BCUT2D eigenvalue weighted by atomic mass is 35.5. The van der Waals surface area contributed by atoms with E-state index in [4.69, 9.17) is 11.6 Å². The third kappa shape index (κ3) is 2.70. The number of piperidine rings is 1. The molecule has 2 heterocycles. The van der Waals surface area contributed by atoms with Gasteiger partial charge in [-0.25, -0.2) is 0 Å². The molecule has 3 nitrogen and oxygen atoms in total. The van der Waals surface area contributed by atoms with Gasteiger partial charge in [-0.2, -0.15) is 0 Å². The van der Waals surface area contributed by atoms with Crippen LogP contribution in [0.3, 0.4) is 0 Å². The van der Waals surface area contributed by atoms with Crippen molar-refractivity contribution in [3.05, 3.63) is 34.9 Å². The van der Waals surface area contributed by atoms with Crippen molar-refractivity contribution in [1.29, 1.82) is 0 Å². The highest BCUT2D eigenvalue weighted by molar-refractivity contribution is 6.31. The molecule has 2 aliphatic heterocycles. The van der Waals surface area contributed by atoms with Crippen LogP contribution in [0.15, 0.2) is 24.3 Å². The van der Waals surface area contributed by atoms with Crippen LogP contribution in [0.25, 0.3) is 0 Å². The first-order valence-electron chi connectivity index (χ1n) is 7.55. The van der Waals surface area contributed by atoms with Crippen LogP contribution in [-0.4, -0.2) is 29.9 Å². The number of nitrogens with one attached hydrogen (secondary N) is 1. The van der Waals surface area contributed by atoms with E-state index in [1.54, 1.807) is 0 Å². The lowest BCUT2D eigenvalue weighted by Gasteiger charge is -2.31. The Labute approximate surface area is 125 Å². The zero-order valence-electron chi connectivity index (χ0n) is 11.6. The summed E-state index contributed by atoms with van der Waals surface area (Å²) >= 11 is 6.31. The maximum absolute atomic E-state index is 12.7. The largest absolute Gasteiger partial charge is 0.334 e. The number of hydrogen-bond acceptors (Lipinski definition) is 2. The van der Waals surface area contributed by atoms with Crippen LogP contribution in [0.5, 0.6) is 0 Å². The second-order valence-corrected chi connectivity index (χ2v) is 6.12. The Morgan fingerprint density at radius 2 is 2.05 bits per heavy atom. The van der Waals surface area contributed by atoms with Gasteiger partial charge in [-0.3, -0.25) is 4.79 Å². The first-order chi connectivity index (χ1) is 9.77. The number of rotatable bonds is 2. The molecule has 0 spiro atoms. The van der Waals surface area contributed by atoms with Crippen LogP contribution in [0.1, 0.15) is 43.7 Å². The number of hydrogen-bond donors (Lipinski definition) is 1. The van der Waals surface area contributed by atoms with E-state index in [-0.39, 0.29) is 18.0 Å². The Kier molecular flexibility index (Phi) is 4.27. The first kappa shape index (κ1) is 13.9. The molecule has 1 N–H and O–H groups in total. The van der Waals surface area contributed by atoms with Crippen molar-refractivity contribution in [2.24, 2.45) is 0 Å². The number of carbonyl (C=O) groups excluding carboxylic acids is 1. The van der Waals surface area contributed by atoms with Crippen LogP contribution >= 0.6 is 11.6 Å². The minimum absolute atomic E-state index is 0.00633. The number of likely N-dealkylation sites (tertiary alicyclic amines) is 1. The molecule has 0 aliphatic carbocycles. The zero-order valence-corrected chi connectivity index (χ0v) is 12.4. The molecular formula is C16H21ClN2O. The van der Waals surface area contributed by atoms with Crippen molar-refractivity contribution in [3.8, 4) is 0 Å². The normalized spacial score (nSPS) is 26.8. The summed E-state index contributed by atoms with van der Waals surface area (Å²) in [5.74, 6) is 0.257. The van der Waals surface area contributed by atoms with E-state index in [0.717, 1.165) is 49.4 Å². The summed E-state index contributed by atoms with van der Waals surface area (Å²) in [6.07, 6.45) is 5.37. The predicted molar refractivity (Wildman–Crippen MR) is 80.8 cm³/mol. The number of benzene rings is 1. The molecule has 2 atom stereocenters. The van der Waals surface area contributed by atoms with Gasteiger partial charge in [-0.1, -0.05) is 36.2 Å². The van der Waals surface area contributed by atoms with Crippen molar-refractivity contribution < 1.29 is 4.79 Å². The van der Waals surface area contributed by atoms with Gasteiger partial charge in [0.15, 0.2) is 0 Å². The summed E-state index contributed by atoms with van der Waals surface area (Å²) in [6, 6.07) is 8.06. The Balaban J connectivity index is 1.78. The van der Waals surface area contributed by atoms with Crippen LogP contribution in [0.2, 0.25) is 5.02 Å². The Morgan fingerprint density at radius 1 is 1.20 bits per heavy atom. The molecule has 4 heteroatoms. The summed E-state index contributed by atoms with van der Waals surface area (Å²) in [7, 11) is 0. The molecule has 2 saturated heterocycles. The smallest absolute Gasteiger partial charge is 0.240 e. The Bertz CT molecular complexity index is 485. The Morgan fingerprint density at radius 3 is 2.80 bits per heavy atom. The van der Waals surface area contributed by atoms with Gasteiger partial charge in [0.25, 0.3) is 0 Å². The minimum Gasteiger partial charge on any atom is -0.334 e. The van der Waals surface area contributed by atoms with Gasteiger partial charge in [-0.05, 0) is 43.9 Å². The Hall–Kier alpha value is -1.06. The summed E-state index contributed by atoms with van der Waals surface area (Å²) in [5.41, 5.74) is 1.09. The summed E-state index contributed by atoms with van der Waals surface area (Å²) in [6.45, 7) is 1.81. The fourth-order valence-electron chi connectivity index (χ4n) is 3.36. The second kappa shape index (κ2) is 6.15. The second-order valence-electron chi connectivity index (χ2n) is 5.71. The van der Waals surface area contributed by atoms with Crippen LogP contribution < -0.4 is 5.32 Å². The SMILES string of the molecule is O=C([C@H]1CCCCN1)N1CCCC1c1ccccc1Cl. The van der Waals surface area contributed by atoms with Gasteiger partial charge in [0.1, 0.15) is 0 Å². The van der Waals surface area contributed by atoms with E-state index < -0.39 is 0 Å². The van der Waals surface area contributed by atoms with E-state index >= 15 is 0 Å². The number of carbonyl (C=O) groups is 1. The topological polar surface area (TPSA) is 32.3 Å². The van der Waals surface area contributed by atoms with Gasteiger partial charge in [0, 0.05) is 11.6 Å². The average Bonchev–Trinajstić information content (AvgIpc) is 2.97. The van der Waals surface area contributed by atoms with E-state index in [2.05, 4.69) is 5.32 Å². The third-order valence-electron chi connectivity index (χ3n) is 4.41. The molecule has 0 aromatic heterocycles. The molecule has 2 aliphatic rings. The highest BCUT2D eigenvalue weighted by Crippen LogP contribution is 2.36. The molecular weight excluding hydrogens is 272 g/mol. The number of halogens is 1. The molecule has 1 aromatic rings. The van der Waals surface area contributed by atoms with Crippen molar-refractivity contribution in [3.63, 3.8) is 0 Å². The molecule has 1 amide bonds. The van der Waals surface area contributed by atoms with Gasteiger partial charge in [-0.15, -0.1) is 0 Å².